The van der Waals surface area contributed by atoms with Gasteiger partial charge in [-0.15, -0.1) is 0 Å². The molecule has 2 heterocycles. The topological polar surface area (TPSA) is 109 Å². The number of nitrogens with zero attached hydrogens (tertiary/aromatic N) is 4. The van der Waals surface area contributed by atoms with E-state index in [9.17, 15) is 14.4 Å². The minimum atomic E-state index is -0.651. The first kappa shape index (κ1) is 24.0. The molecule has 0 spiro atoms. The monoisotopic (exact) mass is 558 g/mol. The molecule has 1 aromatic carbocycles. The van der Waals surface area contributed by atoms with Crippen LogP contribution in [0.2, 0.25) is 15.1 Å². The third-order valence-corrected chi connectivity index (χ3v) is 5.20. The van der Waals surface area contributed by atoms with Crippen LogP contribution in [0.25, 0.3) is 5.82 Å². The van der Waals surface area contributed by atoms with Gasteiger partial charge < -0.3 is 5.32 Å². The summed E-state index contributed by atoms with van der Waals surface area (Å²) >= 11 is 21.8. The number of pyridine rings is 1. The standard InChI is InChI=1S/C19H14BrCl3N6O3/c1-9(30)26-28(2)19(32)11-6-10(21)7-13(23)16(11)25-18(31)14-8-15(20)27-29(14)17-12(22)4-3-5-24-17/h3-8H,1-2H3,(H,25,31)(H,26,30). The Kier molecular flexibility index (Phi) is 7.40. The van der Waals surface area contributed by atoms with Crippen LogP contribution in [-0.4, -0.2) is 44.5 Å². The van der Waals surface area contributed by atoms with Crippen molar-refractivity contribution in [2.75, 3.05) is 12.4 Å². The van der Waals surface area contributed by atoms with Crippen molar-refractivity contribution in [3.8, 4) is 5.82 Å². The first-order valence-corrected chi connectivity index (χ1v) is 10.7. The summed E-state index contributed by atoms with van der Waals surface area (Å²) in [4.78, 5) is 41.5. The Morgan fingerprint density at radius 1 is 1.12 bits per heavy atom. The lowest BCUT2D eigenvalue weighted by atomic mass is 10.1. The summed E-state index contributed by atoms with van der Waals surface area (Å²) in [6.07, 6.45) is 1.50. The molecule has 0 aliphatic rings. The Labute approximate surface area is 205 Å². The van der Waals surface area contributed by atoms with Crippen molar-refractivity contribution < 1.29 is 14.4 Å². The fraction of sp³-hybridized carbons (Fsp3) is 0.105. The molecule has 0 aliphatic heterocycles. The number of carbonyl (C=O) groups excluding carboxylic acids is 3. The van der Waals surface area contributed by atoms with Gasteiger partial charge in [-0.25, -0.2) is 9.67 Å². The van der Waals surface area contributed by atoms with Crippen LogP contribution in [0, 0.1) is 0 Å². The van der Waals surface area contributed by atoms with Gasteiger partial charge in [-0.2, -0.15) is 5.10 Å². The second-order valence-electron chi connectivity index (χ2n) is 6.37. The molecule has 166 valence electrons. The molecule has 0 fully saturated rings. The first-order valence-electron chi connectivity index (χ1n) is 8.80. The minimum absolute atomic E-state index is 0.000686. The van der Waals surface area contributed by atoms with Gasteiger partial charge in [-0.1, -0.05) is 34.8 Å². The summed E-state index contributed by atoms with van der Waals surface area (Å²) < 4.78 is 1.60. The highest BCUT2D eigenvalue weighted by molar-refractivity contribution is 9.10. The van der Waals surface area contributed by atoms with E-state index >= 15 is 0 Å². The molecule has 0 atom stereocenters. The number of halogens is 4. The van der Waals surface area contributed by atoms with Gasteiger partial charge >= 0.3 is 0 Å². The summed E-state index contributed by atoms with van der Waals surface area (Å²) in [5, 5.41) is 8.23. The second-order valence-corrected chi connectivity index (χ2v) is 8.43. The normalized spacial score (nSPS) is 10.6. The van der Waals surface area contributed by atoms with Gasteiger partial charge in [0.1, 0.15) is 10.3 Å². The van der Waals surface area contributed by atoms with Gasteiger partial charge in [-0.05, 0) is 40.2 Å². The molecular weight excluding hydrogens is 547 g/mol. The van der Waals surface area contributed by atoms with Crippen LogP contribution in [0.5, 0.6) is 0 Å². The van der Waals surface area contributed by atoms with E-state index in [1.807, 2.05) is 0 Å². The zero-order chi connectivity index (χ0) is 23.6. The summed E-state index contributed by atoms with van der Waals surface area (Å²) in [6.45, 7) is 1.25. The maximum atomic E-state index is 13.1. The van der Waals surface area contributed by atoms with Crippen molar-refractivity contribution in [2.45, 2.75) is 6.92 Å². The lowest BCUT2D eigenvalue weighted by Crippen LogP contribution is -2.42. The summed E-state index contributed by atoms with van der Waals surface area (Å²) in [6, 6.07) is 7.39. The van der Waals surface area contributed by atoms with Crippen LogP contribution >= 0.6 is 50.7 Å². The van der Waals surface area contributed by atoms with Crippen LogP contribution in [0.3, 0.4) is 0 Å². The average Bonchev–Trinajstić information content (AvgIpc) is 3.10. The maximum Gasteiger partial charge on any atom is 0.274 e. The fourth-order valence-electron chi connectivity index (χ4n) is 2.72. The van der Waals surface area contributed by atoms with Gasteiger partial charge in [-0.3, -0.25) is 24.8 Å². The van der Waals surface area contributed by atoms with Crippen LogP contribution in [0.4, 0.5) is 5.69 Å². The largest absolute Gasteiger partial charge is 0.319 e. The molecule has 0 aliphatic carbocycles. The summed E-state index contributed by atoms with van der Waals surface area (Å²) in [7, 11) is 1.35. The molecule has 0 unspecified atom stereocenters. The summed E-state index contributed by atoms with van der Waals surface area (Å²) in [5.41, 5.74) is 2.37. The number of hydrazine groups is 1. The zero-order valence-electron chi connectivity index (χ0n) is 16.5. The fourth-order valence-corrected chi connectivity index (χ4v) is 3.84. The molecular formula is C19H14BrCl3N6O3. The van der Waals surface area contributed by atoms with E-state index in [1.54, 1.807) is 12.1 Å². The molecule has 2 aromatic heterocycles. The smallest absolute Gasteiger partial charge is 0.274 e. The van der Waals surface area contributed by atoms with Crippen molar-refractivity contribution in [3.63, 3.8) is 0 Å². The Bertz CT molecular complexity index is 1230. The molecule has 3 aromatic rings. The molecule has 0 radical (unpaired) electrons. The van der Waals surface area contributed by atoms with Crippen LogP contribution in [0.15, 0.2) is 41.1 Å². The van der Waals surface area contributed by atoms with Gasteiger partial charge in [0.15, 0.2) is 5.82 Å². The van der Waals surface area contributed by atoms with Gasteiger partial charge in [0.05, 0.1) is 21.3 Å². The third kappa shape index (κ3) is 5.21. The molecule has 13 heteroatoms. The number of rotatable bonds is 4. The van der Waals surface area contributed by atoms with E-state index in [-0.39, 0.29) is 37.8 Å². The number of carbonyl (C=O) groups is 3. The van der Waals surface area contributed by atoms with E-state index in [1.165, 1.54) is 43.0 Å². The van der Waals surface area contributed by atoms with Crippen molar-refractivity contribution in [3.05, 3.63) is 67.5 Å². The Hall–Kier alpha value is -2.66. The Balaban J connectivity index is 2.02. The predicted octanol–water partition coefficient (Wildman–Crippen LogP) is 4.37. The van der Waals surface area contributed by atoms with E-state index in [0.717, 1.165) is 5.01 Å². The van der Waals surface area contributed by atoms with Crippen molar-refractivity contribution in [1.29, 1.82) is 0 Å². The number of hydrogen-bond acceptors (Lipinski definition) is 5. The lowest BCUT2D eigenvalue weighted by Gasteiger charge is -2.20. The number of benzene rings is 1. The number of anilines is 1. The molecule has 9 nitrogen and oxygen atoms in total. The number of hydrogen-bond donors (Lipinski definition) is 2. The predicted molar refractivity (Wildman–Crippen MR) is 124 cm³/mol. The Morgan fingerprint density at radius 3 is 2.50 bits per heavy atom. The Morgan fingerprint density at radius 2 is 1.84 bits per heavy atom. The maximum absolute atomic E-state index is 13.1. The zero-order valence-corrected chi connectivity index (χ0v) is 20.3. The average molecular weight is 561 g/mol. The van der Waals surface area contributed by atoms with E-state index in [2.05, 4.69) is 36.8 Å². The van der Waals surface area contributed by atoms with E-state index in [4.69, 9.17) is 34.8 Å². The van der Waals surface area contributed by atoms with Crippen LogP contribution < -0.4 is 10.7 Å². The lowest BCUT2D eigenvalue weighted by molar-refractivity contribution is -0.122. The first-order chi connectivity index (χ1) is 15.1. The molecule has 32 heavy (non-hydrogen) atoms. The third-order valence-electron chi connectivity index (χ3n) is 4.01. The molecule has 3 amide bonds. The van der Waals surface area contributed by atoms with Crippen molar-refractivity contribution in [1.82, 2.24) is 25.2 Å². The summed E-state index contributed by atoms with van der Waals surface area (Å²) in [5.74, 6) is -1.53. The van der Waals surface area contributed by atoms with E-state index < -0.39 is 17.7 Å². The van der Waals surface area contributed by atoms with Crippen LogP contribution in [-0.2, 0) is 4.79 Å². The van der Waals surface area contributed by atoms with Gasteiger partial charge in [0.25, 0.3) is 11.8 Å². The van der Waals surface area contributed by atoms with Crippen molar-refractivity contribution >= 4 is 74.1 Å². The SMILES string of the molecule is CC(=O)NN(C)C(=O)c1cc(Cl)cc(Cl)c1NC(=O)c1cc(Br)nn1-c1ncccc1Cl. The molecule has 2 N–H and O–H groups in total. The second kappa shape index (κ2) is 9.86. The highest BCUT2D eigenvalue weighted by Gasteiger charge is 2.24. The van der Waals surface area contributed by atoms with Crippen molar-refractivity contribution in [2.24, 2.45) is 0 Å². The number of amides is 3. The number of aromatic nitrogens is 3. The van der Waals surface area contributed by atoms with Crippen LogP contribution in [0.1, 0.15) is 27.8 Å². The molecule has 0 saturated heterocycles. The molecule has 3 rings (SSSR count). The quantitative estimate of drug-likeness (QED) is 0.461. The molecule has 0 bridgehead atoms. The molecule has 0 saturated carbocycles. The number of nitrogens with one attached hydrogen (secondary N) is 2. The minimum Gasteiger partial charge on any atom is -0.319 e. The van der Waals surface area contributed by atoms with Gasteiger partial charge in [0, 0.05) is 31.3 Å². The highest BCUT2D eigenvalue weighted by Crippen LogP contribution is 2.32. The van der Waals surface area contributed by atoms with E-state index in [0.29, 0.717) is 4.60 Å². The highest BCUT2D eigenvalue weighted by atomic mass is 79.9. The van der Waals surface area contributed by atoms with Gasteiger partial charge in [0.2, 0.25) is 5.91 Å².